The first-order valence-electron chi connectivity index (χ1n) is 4.26. The summed E-state index contributed by atoms with van der Waals surface area (Å²) in [5, 5.41) is 0. The maximum absolute atomic E-state index is 5.51. The summed E-state index contributed by atoms with van der Waals surface area (Å²) < 4.78 is 6.58. The molecule has 1 heterocycles. The van der Waals surface area contributed by atoms with E-state index in [2.05, 4.69) is 20.9 Å². The van der Waals surface area contributed by atoms with E-state index in [1.807, 2.05) is 26.0 Å². The standard InChI is InChI=1S/C10H10BrNO/c1-3-10-12-8-4-6(2)7(11)5-9(8)13-10/h4-5H,3H2,1-2H3. The summed E-state index contributed by atoms with van der Waals surface area (Å²) >= 11 is 3.46. The minimum atomic E-state index is 0.799. The lowest BCUT2D eigenvalue weighted by molar-refractivity contribution is 0.538. The first kappa shape index (κ1) is 8.75. The van der Waals surface area contributed by atoms with Crippen LogP contribution in [0.25, 0.3) is 11.1 Å². The average Bonchev–Trinajstić information content (AvgIpc) is 2.48. The number of rotatable bonds is 1. The number of fused-ring (bicyclic) bond motifs is 1. The molecule has 68 valence electrons. The third kappa shape index (κ3) is 1.48. The molecule has 1 aromatic carbocycles. The maximum Gasteiger partial charge on any atom is 0.195 e. The highest BCUT2D eigenvalue weighted by Crippen LogP contribution is 2.24. The van der Waals surface area contributed by atoms with Crippen LogP contribution in [-0.4, -0.2) is 4.98 Å². The van der Waals surface area contributed by atoms with E-state index in [1.165, 1.54) is 5.56 Å². The van der Waals surface area contributed by atoms with Crippen LogP contribution in [-0.2, 0) is 6.42 Å². The predicted molar refractivity (Wildman–Crippen MR) is 55.8 cm³/mol. The van der Waals surface area contributed by atoms with Crippen LogP contribution in [0.1, 0.15) is 18.4 Å². The number of hydrogen-bond donors (Lipinski definition) is 0. The van der Waals surface area contributed by atoms with Crippen molar-refractivity contribution in [1.29, 1.82) is 0 Å². The van der Waals surface area contributed by atoms with Crippen LogP contribution >= 0.6 is 15.9 Å². The lowest BCUT2D eigenvalue weighted by atomic mass is 10.2. The lowest BCUT2D eigenvalue weighted by Gasteiger charge is -1.94. The van der Waals surface area contributed by atoms with Crippen molar-refractivity contribution < 1.29 is 4.42 Å². The molecule has 0 aliphatic rings. The molecule has 0 aliphatic carbocycles. The Morgan fingerprint density at radius 1 is 1.46 bits per heavy atom. The Morgan fingerprint density at radius 3 is 2.92 bits per heavy atom. The van der Waals surface area contributed by atoms with Gasteiger partial charge in [0.2, 0.25) is 0 Å². The summed E-state index contributed by atoms with van der Waals surface area (Å²) in [7, 11) is 0. The van der Waals surface area contributed by atoms with E-state index < -0.39 is 0 Å². The van der Waals surface area contributed by atoms with Crippen LogP contribution in [0.15, 0.2) is 21.0 Å². The highest BCUT2D eigenvalue weighted by Gasteiger charge is 2.05. The van der Waals surface area contributed by atoms with Crippen LogP contribution in [0.5, 0.6) is 0 Å². The molecule has 0 N–H and O–H groups in total. The molecule has 2 aromatic rings. The van der Waals surface area contributed by atoms with Crippen molar-refractivity contribution >= 4 is 27.0 Å². The molecule has 2 nitrogen and oxygen atoms in total. The van der Waals surface area contributed by atoms with E-state index in [9.17, 15) is 0 Å². The summed E-state index contributed by atoms with van der Waals surface area (Å²) in [6.45, 7) is 4.08. The number of benzene rings is 1. The summed E-state index contributed by atoms with van der Waals surface area (Å²) in [6.07, 6.45) is 0.839. The third-order valence-corrected chi connectivity index (χ3v) is 2.87. The third-order valence-electron chi connectivity index (χ3n) is 2.02. The van der Waals surface area contributed by atoms with Crippen molar-refractivity contribution in [3.63, 3.8) is 0 Å². The molecule has 0 radical (unpaired) electrons. The SMILES string of the molecule is CCc1nc2cc(C)c(Br)cc2o1. The van der Waals surface area contributed by atoms with Crippen molar-refractivity contribution in [3.8, 4) is 0 Å². The molecule has 0 fully saturated rings. The lowest BCUT2D eigenvalue weighted by Crippen LogP contribution is -1.77. The minimum Gasteiger partial charge on any atom is -0.441 e. The fraction of sp³-hybridized carbons (Fsp3) is 0.300. The minimum absolute atomic E-state index is 0.799. The zero-order valence-corrected chi connectivity index (χ0v) is 9.18. The fourth-order valence-electron chi connectivity index (χ4n) is 1.25. The number of aromatic nitrogens is 1. The molecule has 3 heteroatoms. The topological polar surface area (TPSA) is 26.0 Å². The van der Waals surface area contributed by atoms with Gasteiger partial charge in [0.1, 0.15) is 5.52 Å². The van der Waals surface area contributed by atoms with Gasteiger partial charge in [0.05, 0.1) is 0 Å². The fourth-order valence-corrected chi connectivity index (χ4v) is 1.57. The molecule has 2 rings (SSSR count). The number of hydrogen-bond acceptors (Lipinski definition) is 2. The molecular formula is C10H10BrNO. The normalized spacial score (nSPS) is 11.0. The summed E-state index contributed by atoms with van der Waals surface area (Å²) in [4.78, 5) is 4.35. The Morgan fingerprint density at radius 2 is 2.23 bits per heavy atom. The Balaban J connectivity index is 2.70. The summed E-state index contributed by atoms with van der Waals surface area (Å²) in [5.41, 5.74) is 2.98. The van der Waals surface area contributed by atoms with E-state index in [1.54, 1.807) is 0 Å². The first-order valence-corrected chi connectivity index (χ1v) is 5.05. The van der Waals surface area contributed by atoms with Gasteiger partial charge < -0.3 is 4.42 Å². The molecule has 0 aliphatic heterocycles. The largest absolute Gasteiger partial charge is 0.441 e. The van der Waals surface area contributed by atoms with Crippen molar-refractivity contribution in [3.05, 3.63) is 28.1 Å². The summed E-state index contributed by atoms with van der Waals surface area (Å²) in [6, 6.07) is 4.00. The van der Waals surface area contributed by atoms with Crippen LogP contribution < -0.4 is 0 Å². The molecule has 13 heavy (non-hydrogen) atoms. The van der Waals surface area contributed by atoms with Crippen molar-refractivity contribution in [2.24, 2.45) is 0 Å². The quantitative estimate of drug-likeness (QED) is 0.762. The zero-order chi connectivity index (χ0) is 9.42. The first-order chi connectivity index (χ1) is 6.20. The van der Waals surface area contributed by atoms with Crippen LogP contribution in [0.3, 0.4) is 0 Å². The second-order valence-corrected chi connectivity index (χ2v) is 3.88. The van der Waals surface area contributed by atoms with Gasteiger partial charge >= 0.3 is 0 Å². The Kier molecular flexibility index (Phi) is 2.12. The van der Waals surface area contributed by atoms with E-state index in [0.29, 0.717) is 0 Å². The smallest absolute Gasteiger partial charge is 0.195 e. The van der Waals surface area contributed by atoms with Gasteiger partial charge in [0, 0.05) is 10.9 Å². The monoisotopic (exact) mass is 239 g/mol. The molecule has 0 saturated carbocycles. The van der Waals surface area contributed by atoms with Gasteiger partial charge in [-0.3, -0.25) is 0 Å². The van der Waals surface area contributed by atoms with Gasteiger partial charge in [-0.25, -0.2) is 4.98 Å². The van der Waals surface area contributed by atoms with E-state index in [0.717, 1.165) is 27.9 Å². The number of halogens is 1. The second kappa shape index (κ2) is 3.14. The second-order valence-electron chi connectivity index (χ2n) is 3.03. The van der Waals surface area contributed by atoms with Gasteiger partial charge in [-0.1, -0.05) is 22.9 Å². The summed E-state index contributed by atoms with van der Waals surface area (Å²) in [5.74, 6) is 0.799. The van der Waals surface area contributed by atoms with Gasteiger partial charge in [-0.2, -0.15) is 0 Å². The molecule has 0 saturated heterocycles. The van der Waals surface area contributed by atoms with E-state index >= 15 is 0 Å². The van der Waals surface area contributed by atoms with Crippen molar-refractivity contribution in [2.45, 2.75) is 20.3 Å². The highest BCUT2D eigenvalue weighted by atomic mass is 79.9. The molecule has 0 unspecified atom stereocenters. The number of aryl methyl sites for hydroxylation is 2. The molecule has 0 atom stereocenters. The zero-order valence-electron chi connectivity index (χ0n) is 7.60. The molecular weight excluding hydrogens is 230 g/mol. The van der Waals surface area contributed by atoms with Crippen molar-refractivity contribution in [1.82, 2.24) is 4.98 Å². The van der Waals surface area contributed by atoms with Crippen LogP contribution in [0.4, 0.5) is 0 Å². The number of nitrogens with zero attached hydrogens (tertiary/aromatic N) is 1. The Bertz CT molecular complexity index is 408. The average molecular weight is 240 g/mol. The van der Waals surface area contributed by atoms with Gasteiger partial charge in [0.25, 0.3) is 0 Å². The predicted octanol–water partition coefficient (Wildman–Crippen LogP) is 3.46. The number of oxazole rings is 1. The maximum atomic E-state index is 5.51. The van der Waals surface area contributed by atoms with Crippen LogP contribution in [0, 0.1) is 6.92 Å². The molecule has 0 amide bonds. The molecule has 0 spiro atoms. The Hall–Kier alpha value is -0.830. The van der Waals surface area contributed by atoms with Gasteiger partial charge in [0.15, 0.2) is 11.5 Å². The van der Waals surface area contributed by atoms with Gasteiger partial charge in [-0.15, -0.1) is 0 Å². The molecule has 1 aromatic heterocycles. The Labute approximate surface area is 85.1 Å². The highest BCUT2D eigenvalue weighted by molar-refractivity contribution is 9.10. The van der Waals surface area contributed by atoms with E-state index in [-0.39, 0.29) is 0 Å². The van der Waals surface area contributed by atoms with Crippen molar-refractivity contribution in [2.75, 3.05) is 0 Å². The van der Waals surface area contributed by atoms with Gasteiger partial charge in [-0.05, 0) is 24.6 Å². The van der Waals surface area contributed by atoms with Crippen LogP contribution in [0.2, 0.25) is 0 Å². The molecule has 0 bridgehead atoms. The van der Waals surface area contributed by atoms with E-state index in [4.69, 9.17) is 4.42 Å².